The normalized spacial score (nSPS) is 11.0. The molecule has 0 fully saturated rings. The van der Waals surface area contributed by atoms with Crippen LogP contribution in [0.5, 0.6) is 0 Å². The Kier molecular flexibility index (Phi) is 6.89. The summed E-state index contributed by atoms with van der Waals surface area (Å²) in [5.41, 5.74) is 3.68. The molecule has 0 unspecified atom stereocenters. The smallest absolute Gasteiger partial charge is 0.475 e. The van der Waals surface area contributed by atoms with Gasteiger partial charge in [0.1, 0.15) is 5.82 Å². The molecule has 0 aliphatic heterocycles. The van der Waals surface area contributed by atoms with Crippen LogP contribution >= 0.6 is 0 Å². The number of aryl methyl sites for hydroxylation is 1. The first kappa shape index (κ1) is 24.3. The van der Waals surface area contributed by atoms with Gasteiger partial charge in [-0.15, -0.1) is 5.10 Å². The van der Waals surface area contributed by atoms with E-state index in [2.05, 4.69) is 20.3 Å². The number of hydrogen-bond acceptors (Lipinski definition) is 6. The largest absolute Gasteiger partial charge is 0.490 e. The second-order valence-electron chi connectivity index (χ2n) is 7.14. The molecule has 12 heteroatoms. The fourth-order valence-corrected chi connectivity index (χ4v) is 2.95. The number of aliphatic carboxylic acids is 1. The van der Waals surface area contributed by atoms with Crippen molar-refractivity contribution in [2.75, 3.05) is 11.9 Å². The van der Waals surface area contributed by atoms with Gasteiger partial charge >= 0.3 is 12.1 Å². The number of nitrogens with zero attached hydrogens (tertiary/aromatic N) is 6. The fourth-order valence-electron chi connectivity index (χ4n) is 2.95. The Morgan fingerprint density at radius 2 is 1.74 bits per heavy atom. The molecule has 0 spiro atoms. The predicted octanol–water partition coefficient (Wildman–Crippen LogP) is 3.74. The highest BCUT2D eigenvalue weighted by Gasteiger charge is 2.38. The maximum Gasteiger partial charge on any atom is 0.490 e. The molecule has 176 valence electrons. The Balaban J connectivity index is 0.000000406. The highest BCUT2D eigenvalue weighted by atomic mass is 19.4. The van der Waals surface area contributed by atoms with Crippen molar-refractivity contribution >= 4 is 28.6 Å². The summed E-state index contributed by atoms with van der Waals surface area (Å²) in [5.74, 6) is -2.45. The van der Waals surface area contributed by atoms with Crippen LogP contribution in [0.3, 0.4) is 0 Å². The minimum atomic E-state index is -5.08. The van der Waals surface area contributed by atoms with Crippen LogP contribution in [-0.4, -0.2) is 55.2 Å². The molecule has 1 amide bonds. The van der Waals surface area contributed by atoms with Gasteiger partial charge in [-0.05, 0) is 49.7 Å². The number of halogens is 3. The standard InChI is InChI=1S/C20H18N6O.C2HF3O2/c1-13-9-10-18(22-12-13)25(3)20(27)19-14(2)26(24-23-19)17-8-4-7-16-15(17)6-5-11-21-16;3-2(4,5)1(6)7/h4-12H,1-3H3;(H,6,7). The van der Waals surface area contributed by atoms with Crippen LogP contribution in [0.2, 0.25) is 0 Å². The molecule has 0 atom stereocenters. The van der Waals surface area contributed by atoms with Crippen molar-refractivity contribution in [2.45, 2.75) is 20.0 Å². The van der Waals surface area contributed by atoms with Crippen LogP contribution in [0.15, 0.2) is 54.9 Å². The molecule has 0 bridgehead atoms. The van der Waals surface area contributed by atoms with Crippen molar-refractivity contribution in [3.05, 3.63) is 71.8 Å². The molecule has 4 rings (SSSR count). The molecule has 0 aliphatic rings. The zero-order valence-corrected chi connectivity index (χ0v) is 18.3. The van der Waals surface area contributed by atoms with Gasteiger partial charge in [0, 0.05) is 24.8 Å². The van der Waals surface area contributed by atoms with Crippen LogP contribution < -0.4 is 4.90 Å². The van der Waals surface area contributed by atoms with Gasteiger partial charge in [-0.25, -0.2) is 14.5 Å². The first-order chi connectivity index (χ1) is 16.0. The summed E-state index contributed by atoms with van der Waals surface area (Å²) in [7, 11) is 1.68. The average Bonchev–Trinajstić information content (AvgIpc) is 3.19. The summed E-state index contributed by atoms with van der Waals surface area (Å²) in [5, 5.41) is 16.4. The van der Waals surface area contributed by atoms with Crippen LogP contribution in [0.25, 0.3) is 16.6 Å². The number of pyridine rings is 2. The van der Waals surface area contributed by atoms with E-state index in [1.54, 1.807) is 24.1 Å². The SMILES string of the molecule is Cc1ccc(N(C)C(=O)c2nnn(-c3cccc4ncccc34)c2C)nc1.O=C(O)C(F)(F)F. The van der Waals surface area contributed by atoms with Gasteiger partial charge in [0.2, 0.25) is 0 Å². The maximum absolute atomic E-state index is 12.9. The van der Waals surface area contributed by atoms with E-state index in [9.17, 15) is 18.0 Å². The molecule has 1 aromatic carbocycles. The fraction of sp³-hybridized carbons (Fsp3) is 0.182. The second-order valence-corrected chi connectivity index (χ2v) is 7.14. The molecule has 3 heterocycles. The van der Waals surface area contributed by atoms with Gasteiger partial charge in [0.25, 0.3) is 5.91 Å². The first-order valence-electron chi connectivity index (χ1n) is 9.78. The minimum Gasteiger partial charge on any atom is -0.475 e. The third-order valence-electron chi connectivity index (χ3n) is 4.73. The topological polar surface area (TPSA) is 114 Å². The third-order valence-corrected chi connectivity index (χ3v) is 4.73. The van der Waals surface area contributed by atoms with Crippen molar-refractivity contribution in [3.63, 3.8) is 0 Å². The summed E-state index contributed by atoms with van der Waals surface area (Å²) in [6.07, 6.45) is -1.61. The van der Waals surface area contributed by atoms with Crippen LogP contribution in [0, 0.1) is 13.8 Å². The highest BCUT2D eigenvalue weighted by Crippen LogP contribution is 2.23. The van der Waals surface area contributed by atoms with Crippen molar-refractivity contribution < 1.29 is 27.9 Å². The number of carbonyl (C=O) groups is 2. The van der Waals surface area contributed by atoms with E-state index < -0.39 is 12.1 Å². The number of carboxylic acids is 1. The van der Waals surface area contributed by atoms with Crippen LogP contribution in [-0.2, 0) is 4.79 Å². The van der Waals surface area contributed by atoms with Crippen LogP contribution in [0.1, 0.15) is 21.7 Å². The molecular weight excluding hydrogens is 453 g/mol. The van der Waals surface area contributed by atoms with E-state index in [-0.39, 0.29) is 5.91 Å². The number of hydrogen-bond donors (Lipinski definition) is 1. The van der Waals surface area contributed by atoms with E-state index in [1.165, 1.54) is 4.90 Å². The van der Waals surface area contributed by atoms with E-state index in [0.717, 1.165) is 22.2 Å². The Labute approximate surface area is 191 Å². The van der Waals surface area contributed by atoms with Crippen molar-refractivity contribution in [1.29, 1.82) is 0 Å². The summed E-state index contributed by atoms with van der Waals surface area (Å²) < 4.78 is 33.4. The Hall–Kier alpha value is -4.35. The summed E-state index contributed by atoms with van der Waals surface area (Å²) in [6, 6.07) is 13.4. The lowest BCUT2D eigenvalue weighted by atomic mass is 10.2. The predicted molar refractivity (Wildman–Crippen MR) is 117 cm³/mol. The molecule has 4 aromatic rings. The molecular formula is C22H19F3N6O3. The van der Waals surface area contributed by atoms with Gasteiger partial charge in [-0.2, -0.15) is 13.2 Å². The van der Waals surface area contributed by atoms with Gasteiger partial charge in [0.05, 0.1) is 16.9 Å². The molecule has 0 saturated heterocycles. The monoisotopic (exact) mass is 472 g/mol. The molecule has 34 heavy (non-hydrogen) atoms. The molecule has 0 radical (unpaired) electrons. The van der Waals surface area contributed by atoms with Gasteiger partial charge in [-0.3, -0.25) is 14.7 Å². The number of carboxylic acid groups (broad SMARTS) is 1. The number of carbonyl (C=O) groups excluding carboxylic acids is 1. The molecule has 1 N–H and O–H groups in total. The molecule has 0 aliphatic carbocycles. The average molecular weight is 472 g/mol. The van der Waals surface area contributed by atoms with Crippen molar-refractivity contribution in [1.82, 2.24) is 25.0 Å². The number of alkyl halides is 3. The summed E-state index contributed by atoms with van der Waals surface area (Å²) in [6.45, 7) is 3.78. The molecule has 3 aromatic heterocycles. The van der Waals surface area contributed by atoms with Crippen molar-refractivity contribution in [3.8, 4) is 5.69 Å². The van der Waals surface area contributed by atoms with Gasteiger partial charge in [-0.1, -0.05) is 17.3 Å². The third kappa shape index (κ3) is 5.17. The number of fused-ring (bicyclic) bond motifs is 1. The maximum atomic E-state index is 12.9. The van der Waals surface area contributed by atoms with Gasteiger partial charge in [0.15, 0.2) is 5.69 Å². The Bertz CT molecular complexity index is 1330. The first-order valence-corrected chi connectivity index (χ1v) is 9.78. The Morgan fingerprint density at radius 1 is 1.03 bits per heavy atom. The summed E-state index contributed by atoms with van der Waals surface area (Å²) in [4.78, 5) is 32.0. The minimum absolute atomic E-state index is 0.256. The number of rotatable bonds is 3. The lowest BCUT2D eigenvalue weighted by molar-refractivity contribution is -0.192. The summed E-state index contributed by atoms with van der Waals surface area (Å²) >= 11 is 0. The quantitative estimate of drug-likeness (QED) is 0.483. The Morgan fingerprint density at radius 3 is 2.35 bits per heavy atom. The number of amides is 1. The number of aromatic nitrogens is 5. The van der Waals surface area contributed by atoms with E-state index in [4.69, 9.17) is 9.90 Å². The molecule has 0 saturated carbocycles. The van der Waals surface area contributed by atoms with E-state index in [0.29, 0.717) is 17.2 Å². The van der Waals surface area contributed by atoms with Crippen LogP contribution in [0.4, 0.5) is 19.0 Å². The second kappa shape index (κ2) is 9.65. The zero-order valence-electron chi connectivity index (χ0n) is 18.3. The lowest BCUT2D eigenvalue weighted by Gasteiger charge is -2.15. The highest BCUT2D eigenvalue weighted by molar-refractivity contribution is 6.04. The zero-order chi connectivity index (χ0) is 25.0. The number of benzene rings is 1. The number of anilines is 1. The molecule has 9 nitrogen and oxygen atoms in total. The van der Waals surface area contributed by atoms with Crippen molar-refractivity contribution in [2.24, 2.45) is 0 Å². The lowest BCUT2D eigenvalue weighted by Crippen LogP contribution is -2.28. The van der Waals surface area contributed by atoms with Gasteiger partial charge < -0.3 is 5.11 Å². The van der Waals surface area contributed by atoms with E-state index >= 15 is 0 Å². The van der Waals surface area contributed by atoms with E-state index in [1.807, 2.05) is 56.3 Å².